The van der Waals surface area contributed by atoms with Crippen molar-refractivity contribution in [1.29, 1.82) is 0 Å². The summed E-state index contributed by atoms with van der Waals surface area (Å²) in [5.41, 5.74) is 2.68. The van der Waals surface area contributed by atoms with E-state index >= 15 is 0 Å². The van der Waals surface area contributed by atoms with E-state index in [1.807, 2.05) is 66.7 Å². The number of nitrogens with zero attached hydrogens (tertiary/aromatic N) is 3. The van der Waals surface area contributed by atoms with Gasteiger partial charge < -0.3 is 4.74 Å². The summed E-state index contributed by atoms with van der Waals surface area (Å²) in [4.78, 5) is 24.4. The third-order valence-corrected chi connectivity index (χ3v) is 6.11. The summed E-state index contributed by atoms with van der Waals surface area (Å²) in [6, 6.07) is 22.6. The fourth-order valence-electron chi connectivity index (χ4n) is 3.39. The van der Waals surface area contributed by atoms with Crippen molar-refractivity contribution in [3.63, 3.8) is 0 Å². The molecular formula is C24H16ClN3O2S. The van der Waals surface area contributed by atoms with Crippen LogP contribution >= 0.6 is 22.9 Å². The second kappa shape index (κ2) is 7.98. The molecular weight excluding hydrogens is 430 g/mol. The zero-order valence-corrected chi connectivity index (χ0v) is 18.0. The Balaban J connectivity index is 1.65. The topological polar surface area (TPSA) is 54.8 Å². The Kier molecular flexibility index (Phi) is 5.02. The SMILES string of the molecule is COc1ccccc1/C=C1\N=C(c2ccccc2)N(c2nc3cc(Cl)ccc3s2)C1=O. The lowest BCUT2D eigenvalue weighted by Gasteiger charge is -2.14. The molecule has 0 radical (unpaired) electrons. The number of benzene rings is 3. The number of hydrogen-bond acceptors (Lipinski definition) is 5. The number of thiazole rings is 1. The molecule has 0 unspecified atom stereocenters. The van der Waals surface area contributed by atoms with Crippen molar-refractivity contribution in [2.45, 2.75) is 0 Å². The Hall–Kier alpha value is -3.48. The van der Waals surface area contributed by atoms with Gasteiger partial charge in [0.15, 0.2) is 5.13 Å². The summed E-state index contributed by atoms with van der Waals surface area (Å²) in [5, 5.41) is 1.15. The van der Waals surface area contributed by atoms with Gasteiger partial charge in [-0.15, -0.1) is 0 Å². The molecule has 0 saturated heterocycles. The largest absolute Gasteiger partial charge is 0.496 e. The van der Waals surface area contributed by atoms with E-state index < -0.39 is 0 Å². The summed E-state index contributed by atoms with van der Waals surface area (Å²) >= 11 is 7.55. The third kappa shape index (κ3) is 3.60. The minimum Gasteiger partial charge on any atom is -0.496 e. The average Bonchev–Trinajstić information content (AvgIpc) is 3.35. The van der Waals surface area contributed by atoms with E-state index in [-0.39, 0.29) is 5.91 Å². The van der Waals surface area contributed by atoms with Gasteiger partial charge in [0.05, 0.1) is 17.3 Å². The number of anilines is 1. The summed E-state index contributed by atoms with van der Waals surface area (Å²) in [7, 11) is 1.60. The summed E-state index contributed by atoms with van der Waals surface area (Å²) < 4.78 is 6.37. The van der Waals surface area contributed by atoms with Crippen LogP contribution in [0.1, 0.15) is 11.1 Å². The first-order valence-electron chi connectivity index (χ1n) is 9.53. The van der Waals surface area contributed by atoms with Crippen molar-refractivity contribution in [1.82, 2.24) is 4.98 Å². The first-order chi connectivity index (χ1) is 15.1. The molecule has 2 heterocycles. The average molecular weight is 446 g/mol. The molecule has 0 spiro atoms. The standard InChI is InChI=1S/C24H16ClN3O2S/c1-30-20-10-6-5-9-16(20)13-19-23(29)28(22(26-19)15-7-3-2-4-8-15)24-27-18-14-17(25)11-12-21(18)31-24/h2-14H,1H3/b19-13-. The van der Waals surface area contributed by atoms with Crippen LogP contribution in [0.5, 0.6) is 5.75 Å². The lowest BCUT2D eigenvalue weighted by atomic mass is 10.1. The molecule has 0 saturated carbocycles. The van der Waals surface area contributed by atoms with Gasteiger partial charge in [-0.2, -0.15) is 0 Å². The number of amides is 1. The van der Waals surface area contributed by atoms with Crippen LogP contribution in [0.3, 0.4) is 0 Å². The van der Waals surface area contributed by atoms with Crippen LogP contribution in [0, 0.1) is 0 Å². The number of halogens is 1. The maximum Gasteiger partial charge on any atom is 0.284 e. The van der Waals surface area contributed by atoms with Crippen molar-refractivity contribution in [2.75, 3.05) is 12.0 Å². The molecule has 1 amide bonds. The van der Waals surface area contributed by atoms with Gasteiger partial charge in [-0.3, -0.25) is 4.79 Å². The number of methoxy groups -OCH3 is 1. The molecule has 0 N–H and O–H groups in total. The van der Waals surface area contributed by atoms with Gasteiger partial charge in [0, 0.05) is 16.1 Å². The molecule has 31 heavy (non-hydrogen) atoms. The first kappa shape index (κ1) is 19.5. The number of hydrogen-bond donors (Lipinski definition) is 0. The maximum atomic E-state index is 13.5. The number of ether oxygens (including phenoxy) is 1. The lowest BCUT2D eigenvalue weighted by Crippen LogP contribution is -2.32. The van der Waals surface area contributed by atoms with E-state index in [4.69, 9.17) is 21.3 Å². The molecule has 1 aliphatic heterocycles. The highest BCUT2D eigenvalue weighted by atomic mass is 35.5. The fraction of sp³-hybridized carbons (Fsp3) is 0.0417. The number of amidine groups is 1. The van der Waals surface area contributed by atoms with E-state index in [9.17, 15) is 4.79 Å². The van der Waals surface area contributed by atoms with Crippen molar-refractivity contribution < 1.29 is 9.53 Å². The van der Waals surface area contributed by atoms with Crippen LogP contribution in [0.15, 0.2) is 83.5 Å². The van der Waals surface area contributed by atoms with E-state index in [1.54, 1.807) is 24.2 Å². The number of fused-ring (bicyclic) bond motifs is 1. The van der Waals surface area contributed by atoms with Gasteiger partial charge in [-0.1, -0.05) is 71.5 Å². The maximum absolute atomic E-state index is 13.5. The molecule has 1 aromatic heterocycles. The zero-order valence-electron chi connectivity index (χ0n) is 16.4. The van der Waals surface area contributed by atoms with Crippen molar-refractivity contribution in [3.8, 4) is 5.75 Å². The van der Waals surface area contributed by atoms with Gasteiger partial charge in [0.1, 0.15) is 17.3 Å². The van der Waals surface area contributed by atoms with Gasteiger partial charge in [0.2, 0.25) is 0 Å². The normalized spacial score (nSPS) is 15.0. The van der Waals surface area contributed by atoms with Gasteiger partial charge >= 0.3 is 0 Å². The Labute approximate surface area is 187 Å². The second-order valence-corrected chi connectivity index (χ2v) is 8.27. The molecule has 152 valence electrons. The van der Waals surface area contributed by atoms with Crippen molar-refractivity contribution >= 4 is 56.1 Å². The van der Waals surface area contributed by atoms with Crippen LogP contribution in [-0.4, -0.2) is 23.8 Å². The van der Waals surface area contributed by atoms with E-state index in [2.05, 4.69) is 4.98 Å². The number of para-hydroxylation sites is 1. The molecule has 0 bridgehead atoms. The molecule has 5 nitrogen and oxygen atoms in total. The molecule has 0 atom stereocenters. The lowest BCUT2D eigenvalue weighted by molar-refractivity contribution is -0.113. The van der Waals surface area contributed by atoms with Crippen LogP contribution in [0.25, 0.3) is 16.3 Å². The molecule has 0 aliphatic carbocycles. The summed E-state index contributed by atoms with van der Waals surface area (Å²) in [6.07, 6.45) is 1.74. The smallest absolute Gasteiger partial charge is 0.284 e. The predicted molar refractivity (Wildman–Crippen MR) is 126 cm³/mol. The summed E-state index contributed by atoms with van der Waals surface area (Å²) in [6.45, 7) is 0. The van der Waals surface area contributed by atoms with Crippen LogP contribution in [0.4, 0.5) is 5.13 Å². The van der Waals surface area contributed by atoms with Gasteiger partial charge in [-0.05, 0) is 30.3 Å². The highest BCUT2D eigenvalue weighted by Crippen LogP contribution is 2.35. The second-order valence-electron chi connectivity index (χ2n) is 6.82. The monoisotopic (exact) mass is 445 g/mol. The molecule has 3 aromatic carbocycles. The van der Waals surface area contributed by atoms with E-state index in [1.165, 1.54) is 11.3 Å². The van der Waals surface area contributed by atoms with Crippen molar-refractivity contribution in [3.05, 3.63) is 94.6 Å². The van der Waals surface area contributed by atoms with E-state index in [0.29, 0.717) is 27.4 Å². The molecule has 5 rings (SSSR count). The van der Waals surface area contributed by atoms with Crippen LogP contribution in [0.2, 0.25) is 5.02 Å². The van der Waals surface area contributed by atoms with Gasteiger partial charge in [0.25, 0.3) is 5.91 Å². The number of carbonyl (C=O) groups is 1. The Bertz CT molecular complexity index is 1360. The van der Waals surface area contributed by atoms with Crippen molar-refractivity contribution in [2.24, 2.45) is 4.99 Å². The minimum absolute atomic E-state index is 0.241. The number of rotatable bonds is 4. The number of carbonyl (C=O) groups excluding carboxylic acids is 1. The van der Waals surface area contributed by atoms with Gasteiger partial charge in [-0.25, -0.2) is 14.9 Å². The Morgan fingerprint density at radius 2 is 1.81 bits per heavy atom. The number of aromatic nitrogens is 1. The quantitative estimate of drug-likeness (QED) is 0.373. The molecule has 1 aliphatic rings. The summed E-state index contributed by atoms with van der Waals surface area (Å²) in [5.74, 6) is 0.971. The first-order valence-corrected chi connectivity index (χ1v) is 10.7. The highest BCUT2D eigenvalue weighted by Gasteiger charge is 2.34. The zero-order chi connectivity index (χ0) is 21.4. The van der Waals surface area contributed by atoms with Crippen LogP contribution < -0.4 is 9.64 Å². The molecule has 7 heteroatoms. The fourth-order valence-corrected chi connectivity index (χ4v) is 4.50. The van der Waals surface area contributed by atoms with Crippen LogP contribution in [-0.2, 0) is 4.79 Å². The molecule has 0 fully saturated rings. The van der Waals surface area contributed by atoms with E-state index in [0.717, 1.165) is 21.3 Å². The minimum atomic E-state index is -0.241. The molecule has 4 aromatic rings. The third-order valence-electron chi connectivity index (χ3n) is 4.85. The predicted octanol–water partition coefficient (Wildman–Crippen LogP) is 5.79. The Morgan fingerprint density at radius 3 is 2.61 bits per heavy atom. The highest BCUT2D eigenvalue weighted by molar-refractivity contribution is 7.22. The number of aliphatic imine (C=N–C) groups is 1. The Morgan fingerprint density at radius 1 is 1.03 bits per heavy atom.